The van der Waals surface area contributed by atoms with Crippen LogP contribution in [0, 0.1) is 16.0 Å². The van der Waals surface area contributed by atoms with Crippen LogP contribution in [0.5, 0.6) is 0 Å². The fraction of sp³-hybridized carbons (Fsp3) is 0.357. The van der Waals surface area contributed by atoms with E-state index in [1.807, 2.05) is 0 Å². The topological polar surface area (TPSA) is 76.0 Å². The maximum atomic E-state index is 12.2. The predicted octanol–water partition coefficient (Wildman–Crippen LogP) is 3.45. The van der Waals surface area contributed by atoms with E-state index in [0.29, 0.717) is 23.4 Å². The lowest BCUT2D eigenvalue weighted by Crippen LogP contribution is -2.15. The van der Waals surface area contributed by atoms with Gasteiger partial charge in [-0.2, -0.15) is 0 Å². The molecule has 0 spiro atoms. The van der Waals surface area contributed by atoms with Crippen LogP contribution >= 0.6 is 0 Å². The molecule has 1 N–H and O–H groups in total. The molecule has 2 aromatic rings. The van der Waals surface area contributed by atoms with Crippen LogP contribution in [0.15, 0.2) is 24.4 Å². The monoisotopic (exact) mass is 258 g/mol. The summed E-state index contributed by atoms with van der Waals surface area (Å²) < 4.78 is 0. The SMILES string of the molecule is O=C(CC1CCC1)c1c[nH]c2cc([N+](=O)[O-])ccc12. The number of nitro groups is 1. The second kappa shape index (κ2) is 4.50. The highest BCUT2D eigenvalue weighted by Gasteiger charge is 2.23. The third kappa shape index (κ3) is 2.12. The number of benzene rings is 1. The van der Waals surface area contributed by atoms with Gasteiger partial charge in [-0.3, -0.25) is 14.9 Å². The Morgan fingerprint density at radius 2 is 2.21 bits per heavy atom. The minimum Gasteiger partial charge on any atom is -0.360 e. The molecule has 5 heteroatoms. The molecule has 0 saturated heterocycles. The number of Topliss-reactive ketones (excluding diaryl/α,β-unsaturated/α-hetero) is 1. The number of carbonyl (C=O) groups is 1. The molecule has 0 radical (unpaired) electrons. The van der Waals surface area contributed by atoms with E-state index in [1.54, 1.807) is 12.3 Å². The third-order valence-corrected chi connectivity index (χ3v) is 3.88. The maximum Gasteiger partial charge on any atom is 0.271 e. The van der Waals surface area contributed by atoms with E-state index in [1.165, 1.54) is 18.6 Å². The molecule has 98 valence electrons. The van der Waals surface area contributed by atoms with Gasteiger partial charge < -0.3 is 4.98 Å². The van der Waals surface area contributed by atoms with Gasteiger partial charge >= 0.3 is 0 Å². The zero-order chi connectivity index (χ0) is 13.4. The fourth-order valence-electron chi connectivity index (χ4n) is 2.53. The Hall–Kier alpha value is -2.17. The Labute approximate surface area is 109 Å². The van der Waals surface area contributed by atoms with Crippen LogP contribution in [0.25, 0.3) is 10.9 Å². The number of carbonyl (C=O) groups excluding carboxylic acids is 1. The number of aromatic nitrogens is 1. The number of nitrogens with zero attached hydrogens (tertiary/aromatic N) is 1. The van der Waals surface area contributed by atoms with E-state index in [-0.39, 0.29) is 11.5 Å². The number of aromatic amines is 1. The van der Waals surface area contributed by atoms with Gasteiger partial charge in [0.05, 0.1) is 10.4 Å². The van der Waals surface area contributed by atoms with Gasteiger partial charge in [0.1, 0.15) is 0 Å². The smallest absolute Gasteiger partial charge is 0.271 e. The zero-order valence-electron chi connectivity index (χ0n) is 10.4. The van der Waals surface area contributed by atoms with Crippen LogP contribution in [-0.4, -0.2) is 15.7 Å². The number of nitro benzene ring substituents is 1. The second-order valence-corrected chi connectivity index (χ2v) is 5.11. The summed E-state index contributed by atoms with van der Waals surface area (Å²) >= 11 is 0. The molecular weight excluding hydrogens is 244 g/mol. The maximum absolute atomic E-state index is 12.2. The standard InChI is InChI=1S/C14H14N2O3/c17-14(6-9-2-1-3-9)12-8-15-13-7-10(16(18)19)4-5-11(12)13/h4-5,7-9,15H,1-3,6H2. The van der Waals surface area contributed by atoms with E-state index >= 15 is 0 Å². The van der Waals surface area contributed by atoms with Crippen LogP contribution in [0.3, 0.4) is 0 Å². The molecule has 0 atom stereocenters. The van der Waals surface area contributed by atoms with E-state index in [0.717, 1.165) is 18.2 Å². The number of non-ortho nitro benzene ring substituents is 1. The molecule has 19 heavy (non-hydrogen) atoms. The summed E-state index contributed by atoms with van der Waals surface area (Å²) in [6.07, 6.45) is 5.75. The van der Waals surface area contributed by atoms with Crippen LogP contribution in [0.1, 0.15) is 36.0 Å². The van der Waals surface area contributed by atoms with E-state index in [9.17, 15) is 14.9 Å². The number of nitrogens with one attached hydrogen (secondary N) is 1. The number of hydrogen-bond acceptors (Lipinski definition) is 3. The lowest BCUT2D eigenvalue weighted by molar-refractivity contribution is -0.384. The summed E-state index contributed by atoms with van der Waals surface area (Å²) in [5.41, 5.74) is 1.33. The molecule has 1 saturated carbocycles. The highest BCUT2D eigenvalue weighted by atomic mass is 16.6. The van der Waals surface area contributed by atoms with Crippen LogP contribution in [0.4, 0.5) is 5.69 Å². The van der Waals surface area contributed by atoms with E-state index in [4.69, 9.17) is 0 Å². The van der Waals surface area contributed by atoms with Gasteiger partial charge in [0.2, 0.25) is 0 Å². The molecule has 1 fully saturated rings. The van der Waals surface area contributed by atoms with E-state index < -0.39 is 4.92 Å². The number of rotatable bonds is 4. The second-order valence-electron chi connectivity index (χ2n) is 5.11. The van der Waals surface area contributed by atoms with Gasteiger partial charge in [-0.15, -0.1) is 0 Å². The van der Waals surface area contributed by atoms with Gasteiger partial charge in [-0.1, -0.05) is 19.3 Å². The molecule has 1 aromatic heterocycles. The highest BCUT2D eigenvalue weighted by molar-refractivity contribution is 6.08. The van der Waals surface area contributed by atoms with Gasteiger partial charge in [-0.25, -0.2) is 0 Å². The van der Waals surface area contributed by atoms with Crippen molar-refractivity contribution < 1.29 is 9.72 Å². The van der Waals surface area contributed by atoms with Crippen LogP contribution in [0.2, 0.25) is 0 Å². The van der Waals surface area contributed by atoms with Crippen molar-refractivity contribution in [2.75, 3.05) is 0 Å². The first-order valence-electron chi connectivity index (χ1n) is 6.44. The summed E-state index contributed by atoms with van der Waals surface area (Å²) in [6, 6.07) is 4.56. The van der Waals surface area contributed by atoms with Crippen molar-refractivity contribution in [1.82, 2.24) is 4.98 Å². The first-order valence-corrected chi connectivity index (χ1v) is 6.44. The molecule has 1 heterocycles. The molecule has 1 aliphatic rings. The molecule has 0 unspecified atom stereocenters. The largest absolute Gasteiger partial charge is 0.360 e. The van der Waals surface area contributed by atoms with Crippen molar-refractivity contribution in [2.24, 2.45) is 5.92 Å². The average molecular weight is 258 g/mol. The van der Waals surface area contributed by atoms with Crippen LogP contribution < -0.4 is 0 Å². The summed E-state index contributed by atoms with van der Waals surface area (Å²) in [5, 5.41) is 11.5. The molecule has 1 aromatic carbocycles. The predicted molar refractivity (Wildman–Crippen MR) is 71.2 cm³/mol. The van der Waals surface area contributed by atoms with Crippen molar-refractivity contribution in [3.63, 3.8) is 0 Å². The highest BCUT2D eigenvalue weighted by Crippen LogP contribution is 2.32. The number of H-pyrrole nitrogens is 1. The zero-order valence-corrected chi connectivity index (χ0v) is 10.4. The Kier molecular flexibility index (Phi) is 2.81. The number of ketones is 1. The van der Waals surface area contributed by atoms with Crippen molar-refractivity contribution in [2.45, 2.75) is 25.7 Å². The lowest BCUT2D eigenvalue weighted by atomic mass is 9.81. The molecule has 5 nitrogen and oxygen atoms in total. The summed E-state index contributed by atoms with van der Waals surface area (Å²) in [7, 11) is 0. The number of hydrogen-bond donors (Lipinski definition) is 1. The Morgan fingerprint density at radius 1 is 1.42 bits per heavy atom. The van der Waals surface area contributed by atoms with Crippen molar-refractivity contribution in [1.29, 1.82) is 0 Å². The van der Waals surface area contributed by atoms with Gasteiger partial charge in [0, 0.05) is 35.7 Å². The van der Waals surface area contributed by atoms with Gasteiger partial charge in [-0.05, 0) is 12.0 Å². The summed E-state index contributed by atoms with van der Waals surface area (Å²) in [5.74, 6) is 0.653. The van der Waals surface area contributed by atoms with Crippen LogP contribution in [-0.2, 0) is 0 Å². The normalized spacial score (nSPS) is 15.4. The quantitative estimate of drug-likeness (QED) is 0.518. The fourth-order valence-corrected chi connectivity index (χ4v) is 2.53. The van der Waals surface area contributed by atoms with Gasteiger partial charge in [0.15, 0.2) is 5.78 Å². The molecular formula is C14H14N2O3. The first kappa shape index (κ1) is 11.9. The number of fused-ring (bicyclic) bond motifs is 1. The minimum absolute atomic E-state index is 0.0346. The first-order chi connectivity index (χ1) is 9.15. The van der Waals surface area contributed by atoms with Crippen molar-refractivity contribution in [3.05, 3.63) is 40.1 Å². The summed E-state index contributed by atoms with van der Waals surface area (Å²) in [4.78, 5) is 25.4. The molecule has 0 bridgehead atoms. The Balaban J connectivity index is 1.91. The van der Waals surface area contributed by atoms with E-state index in [2.05, 4.69) is 4.98 Å². The molecule has 0 amide bonds. The van der Waals surface area contributed by atoms with Crippen molar-refractivity contribution >= 4 is 22.4 Å². The lowest BCUT2D eigenvalue weighted by Gasteiger charge is -2.24. The van der Waals surface area contributed by atoms with Crippen molar-refractivity contribution in [3.8, 4) is 0 Å². The Bertz CT molecular complexity index is 656. The van der Waals surface area contributed by atoms with Gasteiger partial charge in [0.25, 0.3) is 5.69 Å². The summed E-state index contributed by atoms with van der Waals surface area (Å²) in [6.45, 7) is 0. The molecule has 0 aliphatic heterocycles. The third-order valence-electron chi connectivity index (χ3n) is 3.88. The Morgan fingerprint density at radius 3 is 2.84 bits per heavy atom. The molecule has 3 rings (SSSR count). The average Bonchev–Trinajstić information content (AvgIpc) is 2.76. The molecule has 1 aliphatic carbocycles. The minimum atomic E-state index is -0.434.